The van der Waals surface area contributed by atoms with E-state index in [2.05, 4.69) is 17.2 Å². The Kier molecular flexibility index (Phi) is 12.8. The van der Waals surface area contributed by atoms with Crippen LogP contribution in [0.4, 0.5) is 0 Å². The lowest BCUT2D eigenvalue weighted by atomic mass is 10.1. The number of carbonyl (C=O) groups is 2. The number of hydrogen-bond acceptors (Lipinski definition) is 5. The summed E-state index contributed by atoms with van der Waals surface area (Å²) in [6, 6.07) is -0.300. The summed E-state index contributed by atoms with van der Waals surface area (Å²) in [5, 5.41) is 5.66. The summed E-state index contributed by atoms with van der Waals surface area (Å²) in [7, 11) is 3.70. The normalized spacial score (nSPS) is 13.7. The Morgan fingerprint density at radius 1 is 1.10 bits per heavy atom. The molecular weight excluding hydrogens is 420 g/mol. The van der Waals surface area contributed by atoms with E-state index in [1.54, 1.807) is 19.9 Å². The molecule has 1 unspecified atom stereocenters. The Morgan fingerprint density at radius 2 is 1.65 bits per heavy atom. The fourth-order valence-corrected chi connectivity index (χ4v) is 3.55. The average Bonchev–Trinajstić information content (AvgIpc) is 2.63. The molecule has 0 aromatic heterocycles. The number of likely N-dealkylation sites (N-methyl/N-ethyl adjacent to an activating group) is 1. The number of carbonyl (C=O) groups excluding carboxylic acids is 2. The van der Waals surface area contributed by atoms with Crippen molar-refractivity contribution in [3.63, 3.8) is 0 Å². The van der Waals surface area contributed by atoms with E-state index in [0.29, 0.717) is 41.7 Å². The first-order valence-corrected chi connectivity index (χ1v) is 12.1. The van der Waals surface area contributed by atoms with Crippen LogP contribution in [0.15, 0.2) is 23.8 Å². The van der Waals surface area contributed by atoms with Gasteiger partial charge in [-0.2, -0.15) is 8.42 Å². The molecule has 0 spiro atoms. The fraction of sp³-hybridized carbons (Fsp3) is 0.714. The molecule has 0 aliphatic heterocycles. The van der Waals surface area contributed by atoms with Crippen molar-refractivity contribution < 1.29 is 27.0 Å². The second kappa shape index (κ2) is 13.6. The number of hydrogen-bond donors (Lipinski definition) is 3. The maximum Gasteiger partial charge on any atom is 0.265 e. The summed E-state index contributed by atoms with van der Waals surface area (Å²) in [6.07, 6.45) is 3.45. The molecule has 0 aliphatic rings. The molecule has 0 aromatic rings. The smallest absolute Gasteiger partial charge is 0.265 e. The van der Waals surface area contributed by atoms with Gasteiger partial charge >= 0.3 is 0 Å². The van der Waals surface area contributed by atoms with Crippen molar-refractivity contribution in [1.29, 1.82) is 0 Å². The molecule has 0 aliphatic carbocycles. The van der Waals surface area contributed by atoms with Crippen LogP contribution in [0.3, 0.4) is 0 Å². The van der Waals surface area contributed by atoms with Crippen molar-refractivity contribution in [1.82, 2.24) is 15.5 Å². The predicted octanol–water partition coefficient (Wildman–Crippen LogP) is 0.806. The molecule has 2 amide bonds. The zero-order valence-electron chi connectivity index (χ0n) is 19.9. The van der Waals surface area contributed by atoms with Crippen LogP contribution in [0.5, 0.6) is 0 Å². The lowest BCUT2D eigenvalue weighted by molar-refractivity contribution is -0.908. The highest BCUT2D eigenvalue weighted by atomic mass is 32.2. The zero-order chi connectivity index (χ0) is 24.2. The van der Waals surface area contributed by atoms with Crippen LogP contribution in [0.25, 0.3) is 0 Å². The Bertz CT molecular complexity index is 745. The van der Waals surface area contributed by atoms with E-state index < -0.39 is 10.1 Å². The topological polar surface area (TPSA) is 116 Å². The minimum absolute atomic E-state index is 0.176. The van der Waals surface area contributed by atoms with Crippen molar-refractivity contribution in [2.24, 2.45) is 0 Å². The van der Waals surface area contributed by atoms with Gasteiger partial charge in [-0.25, -0.2) is 0 Å². The largest absolute Gasteiger partial charge is 0.352 e. The first kappa shape index (κ1) is 29.2. The standard InChI is InChI=1S/C21H40N4O5S/c1-17(2)20(26)22-12-9-14-25(6,7)19(10-15-31(28,29)30)16-18(3)21(27)23-11-8-13-24(4)5/h16,19H,1,8-15H2,2-7H3,(H2-,22,23,26,27,28,29,30)/p+1. The summed E-state index contributed by atoms with van der Waals surface area (Å²) >= 11 is 0. The summed E-state index contributed by atoms with van der Waals surface area (Å²) < 4.78 is 32.2. The molecule has 0 bridgehead atoms. The predicted molar refractivity (Wildman–Crippen MR) is 124 cm³/mol. The highest BCUT2D eigenvalue weighted by Gasteiger charge is 2.28. The molecule has 0 saturated heterocycles. The molecule has 0 fully saturated rings. The molecular formula is C21H41N4O5S+. The van der Waals surface area contributed by atoms with Crippen LogP contribution in [0.1, 0.15) is 33.1 Å². The molecule has 10 heteroatoms. The maximum absolute atomic E-state index is 12.4. The molecule has 180 valence electrons. The van der Waals surface area contributed by atoms with Gasteiger partial charge in [-0.15, -0.1) is 0 Å². The third-order valence-electron chi connectivity index (χ3n) is 5.02. The van der Waals surface area contributed by atoms with Crippen molar-refractivity contribution >= 4 is 21.9 Å². The molecule has 0 heterocycles. The molecule has 9 nitrogen and oxygen atoms in total. The first-order chi connectivity index (χ1) is 14.2. The molecule has 3 N–H and O–H groups in total. The number of amides is 2. The van der Waals surface area contributed by atoms with Crippen LogP contribution in [0, 0.1) is 0 Å². The van der Waals surface area contributed by atoms with Gasteiger partial charge in [0.2, 0.25) is 11.8 Å². The SMILES string of the molecule is C=C(C)C(=O)NCCC[N+](C)(C)C(C=C(C)C(=O)NCCCN(C)C)CCS(=O)(=O)O. The van der Waals surface area contributed by atoms with Crippen LogP contribution >= 0.6 is 0 Å². The third kappa shape index (κ3) is 14.0. The van der Waals surface area contributed by atoms with Gasteiger partial charge in [0.15, 0.2) is 0 Å². The first-order valence-electron chi connectivity index (χ1n) is 10.5. The van der Waals surface area contributed by atoms with Crippen LogP contribution < -0.4 is 10.6 Å². The number of nitrogens with zero attached hydrogens (tertiary/aromatic N) is 2. The van der Waals surface area contributed by atoms with Crippen molar-refractivity contribution in [3.05, 3.63) is 23.8 Å². The van der Waals surface area contributed by atoms with Gasteiger partial charge in [0.25, 0.3) is 10.1 Å². The van der Waals surface area contributed by atoms with Crippen LogP contribution in [-0.2, 0) is 19.7 Å². The van der Waals surface area contributed by atoms with Gasteiger partial charge in [-0.3, -0.25) is 14.1 Å². The van der Waals surface area contributed by atoms with Crippen molar-refractivity contribution in [2.75, 3.05) is 60.1 Å². The van der Waals surface area contributed by atoms with Crippen LogP contribution in [-0.4, -0.2) is 100 Å². The van der Waals surface area contributed by atoms with E-state index in [4.69, 9.17) is 0 Å². The van der Waals surface area contributed by atoms with Gasteiger partial charge in [-0.05, 0) is 47.0 Å². The Hall–Kier alpha value is -1.75. The number of rotatable bonds is 15. The monoisotopic (exact) mass is 461 g/mol. The Morgan fingerprint density at radius 3 is 2.16 bits per heavy atom. The summed E-state index contributed by atoms with van der Waals surface area (Å²) in [4.78, 5) is 26.1. The maximum atomic E-state index is 12.4. The quantitative estimate of drug-likeness (QED) is 0.144. The van der Waals surface area contributed by atoms with Gasteiger partial charge in [0, 0.05) is 37.1 Å². The van der Waals surface area contributed by atoms with E-state index in [0.717, 1.165) is 13.0 Å². The van der Waals surface area contributed by atoms with Crippen molar-refractivity contribution in [3.8, 4) is 0 Å². The molecule has 0 saturated carbocycles. The van der Waals surface area contributed by atoms with E-state index in [1.165, 1.54) is 0 Å². The lowest BCUT2D eigenvalue weighted by Gasteiger charge is -2.37. The van der Waals surface area contributed by atoms with Gasteiger partial charge < -0.3 is 20.0 Å². The third-order valence-corrected chi connectivity index (χ3v) is 5.77. The fourth-order valence-electron chi connectivity index (χ4n) is 3.01. The van der Waals surface area contributed by atoms with E-state index in [1.807, 2.05) is 33.1 Å². The molecule has 31 heavy (non-hydrogen) atoms. The molecule has 0 radical (unpaired) electrons. The summed E-state index contributed by atoms with van der Waals surface area (Å²) in [5.74, 6) is -0.779. The zero-order valence-corrected chi connectivity index (χ0v) is 20.7. The Balaban J connectivity index is 5.12. The van der Waals surface area contributed by atoms with Gasteiger partial charge in [0.1, 0.15) is 6.04 Å². The second-order valence-corrected chi connectivity index (χ2v) is 10.4. The second-order valence-electron chi connectivity index (χ2n) is 8.80. The minimum atomic E-state index is -4.12. The summed E-state index contributed by atoms with van der Waals surface area (Å²) in [5.41, 5.74) is 0.946. The summed E-state index contributed by atoms with van der Waals surface area (Å²) in [6.45, 7) is 9.47. The highest BCUT2D eigenvalue weighted by molar-refractivity contribution is 7.85. The highest BCUT2D eigenvalue weighted by Crippen LogP contribution is 2.16. The van der Waals surface area contributed by atoms with E-state index in [-0.39, 0.29) is 30.0 Å². The van der Waals surface area contributed by atoms with Crippen LogP contribution in [0.2, 0.25) is 0 Å². The Labute approximate surface area is 187 Å². The molecule has 0 aromatic carbocycles. The number of quaternary nitrogens is 1. The lowest BCUT2D eigenvalue weighted by Crippen LogP contribution is -2.50. The van der Waals surface area contributed by atoms with E-state index in [9.17, 15) is 22.6 Å². The van der Waals surface area contributed by atoms with Gasteiger partial charge in [-0.1, -0.05) is 6.58 Å². The number of nitrogens with one attached hydrogen (secondary N) is 2. The average molecular weight is 462 g/mol. The molecule has 1 atom stereocenters. The van der Waals surface area contributed by atoms with Gasteiger partial charge in [0.05, 0.1) is 26.4 Å². The van der Waals surface area contributed by atoms with E-state index >= 15 is 0 Å². The molecule has 0 rings (SSSR count). The minimum Gasteiger partial charge on any atom is -0.352 e. The van der Waals surface area contributed by atoms with Crippen molar-refractivity contribution in [2.45, 2.75) is 39.2 Å².